The standard InChI is InChI=1S/C15H23N3/c1-2-18(10-11-6-7-11)15-13(9-16)8-12-4-3-5-14(12)17-15/h8,11H,2-7,9-10,16H2,1H3. The summed E-state index contributed by atoms with van der Waals surface area (Å²) >= 11 is 0. The lowest BCUT2D eigenvalue weighted by Gasteiger charge is -2.25. The van der Waals surface area contributed by atoms with Crippen molar-refractivity contribution >= 4 is 5.82 Å². The third kappa shape index (κ3) is 2.24. The van der Waals surface area contributed by atoms with Crippen molar-refractivity contribution in [1.82, 2.24) is 4.98 Å². The van der Waals surface area contributed by atoms with Crippen molar-refractivity contribution in [3.8, 4) is 0 Å². The summed E-state index contributed by atoms with van der Waals surface area (Å²) in [6.07, 6.45) is 6.36. The van der Waals surface area contributed by atoms with Gasteiger partial charge in [-0.2, -0.15) is 0 Å². The van der Waals surface area contributed by atoms with Gasteiger partial charge in [-0.1, -0.05) is 0 Å². The lowest BCUT2D eigenvalue weighted by atomic mass is 10.1. The zero-order valence-electron chi connectivity index (χ0n) is 11.3. The van der Waals surface area contributed by atoms with Crippen molar-refractivity contribution in [1.29, 1.82) is 0 Å². The zero-order valence-corrected chi connectivity index (χ0v) is 11.3. The third-order valence-corrected chi connectivity index (χ3v) is 4.18. The van der Waals surface area contributed by atoms with E-state index in [-0.39, 0.29) is 0 Å². The summed E-state index contributed by atoms with van der Waals surface area (Å²) in [5.41, 5.74) is 9.90. The first kappa shape index (κ1) is 12.0. The summed E-state index contributed by atoms with van der Waals surface area (Å²) in [7, 11) is 0. The quantitative estimate of drug-likeness (QED) is 0.865. The van der Waals surface area contributed by atoms with Crippen molar-refractivity contribution in [3.63, 3.8) is 0 Å². The monoisotopic (exact) mass is 245 g/mol. The number of hydrogen-bond acceptors (Lipinski definition) is 3. The molecule has 1 saturated carbocycles. The predicted octanol–water partition coefficient (Wildman–Crippen LogP) is 2.27. The Hall–Kier alpha value is -1.09. The van der Waals surface area contributed by atoms with Crippen molar-refractivity contribution in [3.05, 3.63) is 22.9 Å². The molecule has 0 saturated heterocycles. The van der Waals surface area contributed by atoms with Gasteiger partial charge in [0.2, 0.25) is 0 Å². The van der Waals surface area contributed by atoms with Crippen LogP contribution in [0.3, 0.4) is 0 Å². The first-order valence-electron chi connectivity index (χ1n) is 7.28. The van der Waals surface area contributed by atoms with Gasteiger partial charge in [0, 0.05) is 30.9 Å². The van der Waals surface area contributed by atoms with Crippen molar-refractivity contribution in [2.75, 3.05) is 18.0 Å². The fourth-order valence-corrected chi connectivity index (χ4v) is 2.91. The molecule has 18 heavy (non-hydrogen) atoms. The second-order valence-electron chi connectivity index (χ2n) is 5.62. The van der Waals surface area contributed by atoms with Crippen molar-refractivity contribution in [2.24, 2.45) is 11.7 Å². The van der Waals surface area contributed by atoms with Crippen LogP contribution in [0.5, 0.6) is 0 Å². The van der Waals surface area contributed by atoms with Gasteiger partial charge in [0.15, 0.2) is 0 Å². The summed E-state index contributed by atoms with van der Waals surface area (Å²) in [6, 6.07) is 2.31. The molecule has 0 atom stereocenters. The third-order valence-electron chi connectivity index (χ3n) is 4.18. The molecular weight excluding hydrogens is 222 g/mol. The molecule has 3 nitrogen and oxygen atoms in total. The number of aromatic nitrogens is 1. The van der Waals surface area contributed by atoms with Crippen LogP contribution in [-0.2, 0) is 19.4 Å². The molecule has 2 aliphatic carbocycles. The number of nitrogens with zero attached hydrogens (tertiary/aromatic N) is 2. The van der Waals surface area contributed by atoms with Crippen LogP contribution >= 0.6 is 0 Å². The van der Waals surface area contributed by atoms with Crippen LogP contribution < -0.4 is 10.6 Å². The molecule has 3 rings (SSSR count). The molecule has 0 aromatic carbocycles. The minimum absolute atomic E-state index is 0.608. The summed E-state index contributed by atoms with van der Waals surface area (Å²) in [4.78, 5) is 7.35. The Morgan fingerprint density at radius 2 is 2.22 bits per heavy atom. The molecule has 0 radical (unpaired) electrons. The Kier molecular flexibility index (Phi) is 3.25. The first-order chi connectivity index (χ1) is 8.81. The maximum Gasteiger partial charge on any atom is 0.133 e. The number of anilines is 1. The van der Waals surface area contributed by atoms with Crippen molar-refractivity contribution in [2.45, 2.75) is 45.6 Å². The van der Waals surface area contributed by atoms with Gasteiger partial charge in [0.05, 0.1) is 0 Å². The molecule has 98 valence electrons. The highest BCUT2D eigenvalue weighted by Gasteiger charge is 2.26. The average molecular weight is 245 g/mol. The minimum Gasteiger partial charge on any atom is -0.356 e. The fraction of sp³-hybridized carbons (Fsp3) is 0.667. The maximum absolute atomic E-state index is 5.92. The van der Waals surface area contributed by atoms with E-state index in [0.717, 1.165) is 31.2 Å². The van der Waals surface area contributed by atoms with Crippen LogP contribution in [0.25, 0.3) is 0 Å². The highest BCUT2D eigenvalue weighted by molar-refractivity contribution is 5.51. The zero-order chi connectivity index (χ0) is 12.5. The molecule has 0 amide bonds. The molecule has 0 bridgehead atoms. The molecule has 1 fully saturated rings. The van der Waals surface area contributed by atoms with Crippen LogP contribution in [0.1, 0.15) is 43.0 Å². The van der Waals surface area contributed by atoms with Gasteiger partial charge in [-0.05, 0) is 56.6 Å². The molecule has 1 aromatic heterocycles. The molecule has 0 spiro atoms. The molecule has 0 aliphatic heterocycles. The van der Waals surface area contributed by atoms with Gasteiger partial charge in [0.1, 0.15) is 5.82 Å². The SMILES string of the molecule is CCN(CC1CC1)c1nc2c(cc1CN)CCC2. The second-order valence-corrected chi connectivity index (χ2v) is 5.62. The van der Waals surface area contributed by atoms with E-state index >= 15 is 0 Å². The molecule has 0 unspecified atom stereocenters. The fourth-order valence-electron chi connectivity index (χ4n) is 2.91. The predicted molar refractivity (Wildman–Crippen MR) is 74.8 cm³/mol. The Balaban J connectivity index is 1.92. The summed E-state index contributed by atoms with van der Waals surface area (Å²) in [5.74, 6) is 2.05. The molecular formula is C15H23N3. The Bertz CT molecular complexity index is 438. The van der Waals surface area contributed by atoms with E-state index in [2.05, 4.69) is 17.9 Å². The normalized spacial score (nSPS) is 17.9. The molecule has 1 heterocycles. The largest absolute Gasteiger partial charge is 0.356 e. The van der Waals surface area contributed by atoms with Gasteiger partial charge in [-0.15, -0.1) is 0 Å². The topological polar surface area (TPSA) is 42.2 Å². The maximum atomic E-state index is 5.92. The van der Waals surface area contributed by atoms with Crippen LogP contribution in [-0.4, -0.2) is 18.1 Å². The van der Waals surface area contributed by atoms with Crippen LogP contribution in [0.4, 0.5) is 5.82 Å². The summed E-state index contributed by atoms with van der Waals surface area (Å²) in [6.45, 7) is 5.03. The van der Waals surface area contributed by atoms with Crippen LogP contribution in [0.2, 0.25) is 0 Å². The van der Waals surface area contributed by atoms with E-state index < -0.39 is 0 Å². The number of fused-ring (bicyclic) bond motifs is 1. The highest BCUT2D eigenvalue weighted by Crippen LogP contribution is 2.33. The van der Waals surface area contributed by atoms with E-state index in [1.807, 2.05) is 0 Å². The first-order valence-corrected chi connectivity index (χ1v) is 7.28. The van der Waals surface area contributed by atoms with E-state index in [9.17, 15) is 0 Å². The minimum atomic E-state index is 0.608. The lowest BCUT2D eigenvalue weighted by molar-refractivity contribution is 0.723. The van der Waals surface area contributed by atoms with Crippen LogP contribution in [0, 0.1) is 5.92 Å². The number of aryl methyl sites for hydroxylation is 2. The summed E-state index contributed by atoms with van der Waals surface area (Å²) in [5, 5.41) is 0. The average Bonchev–Trinajstić information content (AvgIpc) is 3.10. The summed E-state index contributed by atoms with van der Waals surface area (Å²) < 4.78 is 0. The molecule has 2 N–H and O–H groups in total. The Labute approximate surface area is 109 Å². The number of rotatable bonds is 5. The van der Waals surface area contributed by atoms with Gasteiger partial charge in [-0.3, -0.25) is 0 Å². The Morgan fingerprint density at radius 1 is 1.39 bits per heavy atom. The number of pyridine rings is 1. The Morgan fingerprint density at radius 3 is 2.89 bits per heavy atom. The lowest BCUT2D eigenvalue weighted by Crippen LogP contribution is -2.28. The molecule has 2 aliphatic rings. The molecule has 3 heteroatoms. The van der Waals surface area contributed by atoms with E-state index in [0.29, 0.717) is 6.54 Å². The second kappa shape index (κ2) is 4.88. The van der Waals surface area contributed by atoms with E-state index in [1.54, 1.807) is 0 Å². The van der Waals surface area contributed by atoms with E-state index in [1.165, 1.54) is 42.5 Å². The number of hydrogen-bond donors (Lipinski definition) is 1. The van der Waals surface area contributed by atoms with Gasteiger partial charge in [0.25, 0.3) is 0 Å². The highest BCUT2D eigenvalue weighted by atomic mass is 15.2. The number of nitrogens with two attached hydrogens (primary N) is 1. The molecule has 1 aromatic rings. The van der Waals surface area contributed by atoms with Gasteiger partial charge in [-0.25, -0.2) is 4.98 Å². The van der Waals surface area contributed by atoms with Gasteiger partial charge < -0.3 is 10.6 Å². The van der Waals surface area contributed by atoms with Gasteiger partial charge >= 0.3 is 0 Å². The van der Waals surface area contributed by atoms with Crippen molar-refractivity contribution < 1.29 is 0 Å². The van der Waals surface area contributed by atoms with Crippen LogP contribution in [0.15, 0.2) is 6.07 Å². The van der Waals surface area contributed by atoms with E-state index in [4.69, 9.17) is 10.7 Å². The smallest absolute Gasteiger partial charge is 0.133 e.